The van der Waals surface area contributed by atoms with Gasteiger partial charge in [-0.05, 0) is 60.9 Å². The maximum atomic E-state index is 12.5. The van der Waals surface area contributed by atoms with E-state index < -0.39 is 10.0 Å². The van der Waals surface area contributed by atoms with Crippen LogP contribution in [0.25, 0.3) is 0 Å². The summed E-state index contributed by atoms with van der Waals surface area (Å²) in [5, 5.41) is 3.30. The average molecular weight is 410 g/mol. The van der Waals surface area contributed by atoms with Crippen LogP contribution in [0.1, 0.15) is 17.7 Å². The normalized spacial score (nSPS) is 13.4. The number of sulfonamides is 1. The second-order valence-electron chi connectivity index (χ2n) is 6.87. The van der Waals surface area contributed by atoms with Crippen LogP contribution in [0.2, 0.25) is 0 Å². The predicted octanol–water partition coefficient (Wildman–Crippen LogP) is 3.75. The van der Waals surface area contributed by atoms with Crippen molar-refractivity contribution in [1.82, 2.24) is 9.71 Å². The monoisotopic (exact) mass is 409 g/mol. The molecule has 29 heavy (non-hydrogen) atoms. The fourth-order valence-corrected chi connectivity index (χ4v) is 4.25. The zero-order chi connectivity index (χ0) is 20.1. The molecule has 0 spiro atoms. The molecule has 1 aliphatic heterocycles. The molecular formula is C22H23N3O3S. The van der Waals surface area contributed by atoms with E-state index in [4.69, 9.17) is 4.74 Å². The van der Waals surface area contributed by atoms with Crippen molar-refractivity contribution in [2.45, 2.75) is 24.2 Å². The van der Waals surface area contributed by atoms with E-state index in [0.29, 0.717) is 17.9 Å². The molecule has 1 aromatic heterocycles. The number of benzene rings is 2. The smallest absolute Gasteiger partial charge is 0.240 e. The van der Waals surface area contributed by atoms with Gasteiger partial charge in [-0.2, -0.15) is 0 Å². The Balaban J connectivity index is 1.35. The van der Waals surface area contributed by atoms with Gasteiger partial charge in [0.05, 0.1) is 4.90 Å². The van der Waals surface area contributed by atoms with Crippen molar-refractivity contribution in [3.8, 4) is 11.5 Å². The van der Waals surface area contributed by atoms with E-state index in [1.165, 1.54) is 5.56 Å². The summed E-state index contributed by atoms with van der Waals surface area (Å²) in [6.07, 6.45) is 2.68. The topological polar surface area (TPSA) is 80.3 Å². The Labute approximate surface area is 171 Å². The lowest BCUT2D eigenvalue weighted by atomic mass is 10.1. The van der Waals surface area contributed by atoms with E-state index in [9.17, 15) is 8.42 Å². The van der Waals surface area contributed by atoms with Crippen molar-refractivity contribution < 1.29 is 13.2 Å². The van der Waals surface area contributed by atoms with Gasteiger partial charge in [-0.1, -0.05) is 24.3 Å². The summed E-state index contributed by atoms with van der Waals surface area (Å²) in [5.74, 6) is 2.21. The van der Waals surface area contributed by atoms with E-state index in [1.54, 1.807) is 24.3 Å². The number of rotatable bonds is 7. The van der Waals surface area contributed by atoms with Crippen molar-refractivity contribution in [1.29, 1.82) is 0 Å². The molecule has 0 aliphatic carbocycles. The second-order valence-corrected chi connectivity index (χ2v) is 8.64. The minimum absolute atomic E-state index is 0.206. The first kappa shape index (κ1) is 19.4. The van der Waals surface area contributed by atoms with Gasteiger partial charge in [-0.25, -0.2) is 18.1 Å². The van der Waals surface area contributed by atoms with Crippen molar-refractivity contribution in [2.24, 2.45) is 0 Å². The molecular weight excluding hydrogens is 386 g/mol. The Morgan fingerprint density at radius 3 is 2.52 bits per heavy atom. The Kier molecular flexibility index (Phi) is 5.78. The molecule has 7 heteroatoms. The molecule has 0 unspecified atom stereocenters. The summed E-state index contributed by atoms with van der Waals surface area (Å²) < 4.78 is 33.4. The number of ether oxygens (including phenoxy) is 1. The summed E-state index contributed by atoms with van der Waals surface area (Å²) in [5.41, 5.74) is 2.09. The first-order valence-electron chi connectivity index (χ1n) is 9.65. The standard InChI is InChI=1S/C22H23N3O3S/c26-29(27,21-12-10-20(11-13-21)28-19-6-2-1-3-7-19)24-16-14-18-9-8-17-5-4-15-23-22(17)25-18/h1-3,6-13,24H,4-5,14-16H2,(H,23,25). The number of aryl methyl sites for hydroxylation is 1. The van der Waals surface area contributed by atoms with E-state index >= 15 is 0 Å². The quantitative estimate of drug-likeness (QED) is 0.621. The Morgan fingerprint density at radius 2 is 1.72 bits per heavy atom. The van der Waals surface area contributed by atoms with Gasteiger partial charge in [-0.15, -0.1) is 0 Å². The fraction of sp³-hybridized carbons (Fsp3) is 0.227. The Bertz CT molecular complexity index is 1070. The lowest BCUT2D eigenvalue weighted by molar-refractivity contribution is 0.482. The lowest BCUT2D eigenvalue weighted by Crippen LogP contribution is -2.26. The van der Waals surface area contributed by atoms with Gasteiger partial charge >= 0.3 is 0 Å². The zero-order valence-electron chi connectivity index (χ0n) is 16.0. The molecule has 3 aromatic rings. The number of anilines is 1. The SMILES string of the molecule is O=S(=O)(NCCc1ccc2c(n1)NCCC2)c1ccc(Oc2ccccc2)cc1. The van der Waals surface area contributed by atoms with Crippen molar-refractivity contribution >= 4 is 15.8 Å². The van der Waals surface area contributed by atoms with Gasteiger partial charge in [0.1, 0.15) is 17.3 Å². The Morgan fingerprint density at radius 1 is 0.966 bits per heavy atom. The van der Waals surface area contributed by atoms with Crippen LogP contribution in [-0.4, -0.2) is 26.5 Å². The minimum Gasteiger partial charge on any atom is -0.457 e. The number of nitrogens with one attached hydrogen (secondary N) is 2. The number of hydrogen-bond acceptors (Lipinski definition) is 5. The predicted molar refractivity (Wildman–Crippen MR) is 113 cm³/mol. The number of pyridine rings is 1. The van der Waals surface area contributed by atoms with Crippen LogP contribution in [0.5, 0.6) is 11.5 Å². The Hall–Kier alpha value is -2.90. The van der Waals surface area contributed by atoms with Gasteiger partial charge in [0.2, 0.25) is 10.0 Å². The van der Waals surface area contributed by atoms with Gasteiger partial charge in [0.25, 0.3) is 0 Å². The van der Waals surface area contributed by atoms with Crippen LogP contribution in [0.3, 0.4) is 0 Å². The second kappa shape index (κ2) is 8.63. The molecule has 6 nitrogen and oxygen atoms in total. The van der Waals surface area contributed by atoms with Crippen LogP contribution in [0, 0.1) is 0 Å². The van der Waals surface area contributed by atoms with Gasteiger partial charge in [0, 0.05) is 25.2 Å². The van der Waals surface area contributed by atoms with E-state index in [2.05, 4.69) is 21.1 Å². The largest absolute Gasteiger partial charge is 0.457 e. The molecule has 0 saturated carbocycles. The van der Waals surface area contributed by atoms with Gasteiger partial charge < -0.3 is 10.1 Å². The maximum absolute atomic E-state index is 12.5. The van der Waals surface area contributed by atoms with Crippen LogP contribution < -0.4 is 14.8 Å². The van der Waals surface area contributed by atoms with Crippen molar-refractivity contribution in [3.05, 3.63) is 78.0 Å². The number of hydrogen-bond donors (Lipinski definition) is 2. The van der Waals surface area contributed by atoms with Gasteiger partial charge in [-0.3, -0.25) is 0 Å². The minimum atomic E-state index is -3.59. The highest BCUT2D eigenvalue weighted by Gasteiger charge is 2.15. The summed E-state index contributed by atoms with van der Waals surface area (Å²) >= 11 is 0. The molecule has 0 saturated heterocycles. The van der Waals surface area contributed by atoms with E-state index in [1.807, 2.05) is 36.4 Å². The molecule has 150 valence electrons. The van der Waals surface area contributed by atoms with Crippen LogP contribution in [0.15, 0.2) is 71.6 Å². The molecule has 0 amide bonds. The third-order valence-electron chi connectivity index (χ3n) is 4.74. The third-order valence-corrected chi connectivity index (χ3v) is 6.21. The van der Waals surface area contributed by atoms with Crippen LogP contribution in [-0.2, 0) is 22.9 Å². The summed E-state index contributed by atoms with van der Waals surface area (Å²) in [6, 6.07) is 19.8. The summed E-state index contributed by atoms with van der Waals surface area (Å²) in [6.45, 7) is 1.22. The van der Waals surface area contributed by atoms with Gasteiger partial charge in [0.15, 0.2) is 0 Å². The first-order chi connectivity index (χ1) is 14.1. The summed E-state index contributed by atoms with van der Waals surface area (Å²) in [7, 11) is -3.59. The van der Waals surface area contributed by atoms with E-state index in [-0.39, 0.29) is 11.4 Å². The third kappa shape index (κ3) is 4.93. The highest BCUT2D eigenvalue weighted by Crippen LogP contribution is 2.23. The molecule has 1 aliphatic rings. The molecule has 2 N–H and O–H groups in total. The van der Waals surface area contributed by atoms with Crippen LogP contribution in [0.4, 0.5) is 5.82 Å². The van der Waals surface area contributed by atoms with Crippen LogP contribution >= 0.6 is 0 Å². The zero-order valence-corrected chi connectivity index (χ0v) is 16.8. The molecule has 4 rings (SSSR count). The summed E-state index contributed by atoms with van der Waals surface area (Å²) in [4.78, 5) is 4.80. The first-order valence-corrected chi connectivity index (χ1v) is 11.1. The number of aromatic nitrogens is 1. The highest BCUT2D eigenvalue weighted by atomic mass is 32.2. The molecule has 2 aromatic carbocycles. The maximum Gasteiger partial charge on any atom is 0.240 e. The molecule has 2 heterocycles. The van der Waals surface area contributed by atoms with E-state index in [0.717, 1.165) is 30.9 Å². The average Bonchev–Trinajstić information content (AvgIpc) is 2.75. The fourth-order valence-electron chi connectivity index (χ4n) is 3.22. The molecule has 0 atom stereocenters. The molecule has 0 radical (unpaired) electrons. The molecule has 0 bridgehead atoms. The number of fused-ring (bicyclic) bond motifs is 1. The van der Waals surface area contributed by atoms with Crippen molar-refractivity contribution in [3.63, 3.8) is 0 Å². The number of nitrogens with zero attached hydrogens (tertiary/aromatic N) is 1. The molecule has 0 fully saturated rings. The number of para-hydroxylation sites is 1. The van der Waals surface area contributed by atoms with Crippen molar-refractivity contribution in [2.75, 3.05) is 18.4 Å². The lowest BCUT2D eigenvalue weighted by Gasteiger charge is -2.17. The highest BCUT2D eigenvalue weighted by molar-refractivity contribution is 7.89.